The number of carboxylic acids is 1. The van der Waals surface area contributed by atoms with Crippen molar-refractivity contribution >= 4 is 5.97 Å². The van der Waals surface area contributed by atoms with Crippen LogP contribution in [0.5, 0.6) is 0 Å². The fraction of sp³-hybridized carbons (Fsp3) is 0.250. The Kier molecular flexibility index (Phi) is 2.67. The summed E-state index contributed by atoms with van der Waals surface area (Å²) >= 11 is 0. The smallest absolute Gasteiger partial charge is 0.331 e. The van der Waals surface area contributed by atoms with Crippen LogP contribution in [0.3, 0.4) is 0 Å². The molecule has 0 radical (unpaired) electrons. The molecule has 2 rings (SSSR count). The first-order valence-corrected chi connectivity index (χ1v) is 5.23. The maximum absolute atomic E-state index is 11.2. The highest BCUT2D eigenvalue weighted by atomic mass is 16.4. The second-order valence-electron chi connectivity index (χ2n) is 4.26. The first-order valence-electron chi connectivity index (χ1n) is 5.23. The standard InChI is InChI=1S/C12H13N3O2/c1-12(2,11(16)17)15-10(8-13-14-15)9-6-4-3-5-7-9/h3-8H,1-2H3,(H,16,17). The third-order valence-electron chi connectivity index (χ3n) is 2.67. The Hall–Kier alpha value is -2.17. The van der Waals surface area contributed by atoms with Gasteiger partial charge in [0.05, 0.1) is 11.9 Å². The number of benzene rings is 1. The second kappa shape index (κ2) is 4.01. The minimum absolute atomic E-state index is 0.693. The van der Waals surface area contributed by atoms with Crippen molar-refractivity contribution < 1.29 is 9.90 Å². The average Bonchev–Trinajstić information content (AvgIpc) is 2.79. The van der Waals surface area contributed by atoms with E-state index in [1.54, 1.807) is 20.0 Å². The van der Waals surface area contributed by atoms with Gasteiger partial charge in [0.1, 0.15) is 0 Å². The average molecular weight is 231 g/mol. The van der Waals surface area contributed by atoms with E-state index in [1.165, 1.54) is 4.68 Å². The van der Waals surface area contributed by atoms with Crippen molar-refractivity contribution in [3.63, 3.8) is 0 Å². The number of aliphatic carboxylic acids is 1. The van der Waals surface area contributed by atoms with Crippen LogP contribution in [0.25, 0.3) is 11.3 Å². The Bertz CT molecular complexity index is 532. The van der Waals surface area contributed by atoms with Crippen LogP contribution in [0, 0.1) is 0 Å². The van der Waals surface area contributed by atoms with Crippen molar-refractivity contribution in [1.29, 1.82) is 0 Å². The number of carbonyl (C=O) groups is 1. The monoisotopic (exact) mass is 231 g/mol. The fourth-order valence-corrected chi connectivity index (χ4v) is 1.54. The summed E-state index contributed by atoms with van der Waals surface area (Å²) in [7, 11) is 0. The third-order valence-corrected chi connectivity index (χ3v) is 2.67. The van der Waals surface area contributed by atoms with E-state index in [2.05, 4.69) is 10.3 Å². The summed E-state index contributed by atoms with van der Waals surface area (Å²) < 4.78 is 1.42. The maximum Gasteiger partial charge on any atom is 0.331 e. The van der Waals surface area contributed by atoms with Gasteiger partial charge in [-0.2, -0.15) is 0 Å². The molecule has 1 heterocycles. The topological polar surface area (TPSA) is 68.0 Å². The van der Waals surface area contributed by atoms with E-state index in [0.29, 0.717) is 5.69 Å². The van der Waals surface area contributed by atoms with Gasteiger partial charge in [-0.25, -0.2) is 9.48 Å². The molecular formula is C12H13N3O2. The Labute approximate surface area is 98.7 Å². The largest absolute Gasteiger partial charge is 0.479 e. The molecule has 0 saturated heterocycles. The van der Waals surface area contributed by atoms with E-state index < -0.39 is 11.5 Å². The fourth-order valence-electron chi connectivity index (χ4n) is 1.54. The molecule has 0 spiro atoms. The van der Waals surface area contributed by atoms with Gasteiger partial charge >= 0.3 is 5.97 Å². The predicted octanol–water partition coefficient (Wildman–Crippen LogP) is 1.76. The van der Waals surface area contributed by atoms with Gasteiger partial charge in [0.15, 0.2) is 5.54 Å². The van der Waals surface area contributed by atoms with Gasteiger partial charge in [-0.05, 0) is 13.8 Å². The van der Waals surface area contributed by atoms with Gasteiger partial charge in [-0.1, -0.05) is 35.5 Å². The molecule has 1 N–H and O–H groups in total. The SMILES string of the molecule is CC(C)(C(=O)O)n1nncc1-c1ccccc1. The van der Waals surface area contributed by atoms with E-state index in [-0.39, 0.29) is 0 Å². The molecule has 1 aromatic heterocycles. The van der Waals surface area contributed by atoms with Crippen LogP contribution in [0.4, 0.5) is 0 Å². The number of hydrogen-bond donors (Lipinski definition) is 1. The third kappa shape index (κ3) is 1.91. The van der Waals surface area contributed by atoms with Crippen LogP contribution in [0.1, 0.15) is 13.8 Å². The summed E-state index contributed by atoms with van der Waals surface area (Å²) in [5.74, 6) is -0.944. The zero-order valence-corrected chi connectivity index (χ0v) is 9.66. The molecule has 0 aliphatic carbocycles. The highest BCUT2D eigenvalue weighted by Gasteiger charge is 2.32. The van der Waals surface area contributed by atoms with E-state index in [9.17, 15) is 9.90 Å². The van der Waals surface area contributed by atoms with Crippen LogP contribution in [0.15, 0.2) is 36.5 Å². The summed E-state index contributed by atoms with van der Waals surface area (Å²) in [6.07, 6.45) is 1.57. The van der Waals surface area contributed by atoms with Crippen LogP contribution in [0.2, 0.25) is 0 Å². The molecule has 0 aliphatic heterocycles. The molecule has 88 valence electrons. The zero-order valence-electron chi connectivity index (χ0n) is 9.66. The van der Waals surface area contributed by atoms with Crippen molar-refractivity contribution in [2.75, 3.05) is 0 Å². The van der Waals surface area contributed by atoms with E-state index >= 15 is 0 Å². The van der Waals surface area contributed by atoms with Crippen molar-refractivity contribution in [1.82, 2.24) is 15.0 Å². The molecule has 5 nitrogen and oxygen atoms in total. The molecule has 0 amide bonds. The molecule has 0 atom stereocenters. The van der Waals surface area contributed by atoms with Gasteiger partial charge in [0, 0.05) is 5.56 Å². The Morgan fingerprint density at radius 2 is 1.94 bits per heavy atom. The van der Waals surface area contributed by atoms with Crippen molar-refractivity contribution in [2.24, 2.45) is 0 Å². The molecule has 1 aromatic carbocycles. The Balaban J connectivity index is 2.53. The summed E-state index contributed by atoms with van der Waals surface area (Å²) in [6, 6.07) is 9.47. The minimum Gasteiger partial charge on any atom is -0.479 e. The van der Waals surface area contributed by atoms with Gasteiger partial charge in [-0.15, -0.1) is 5.10 Å². The lowest BCUT2D eigenvalue weighted by atomic mass is 10.0. The quantitative estimate of drug-likeness (QED) is 0.874. The van der Waals surface area contributed by atoms with E-state index in [0.717, 1.165) is 5.56 Å². The van der Waals surface area contributed by atoms with Crippen LogP contribution >= 0.6 is 0 Å². The molecule has 17 heavy (non-hydrogen) atoms. The van der Waals surface area contributed by atoms with Gasteiger partial charge in [-0.3, -0.25) is 0 Å². The normalized spacial score (nSPS) is 11.4. The van der Waals surface area contributed by atoms with Crippen molar-refractivity contribution in [3.8, 4) is 11.3 Å². The van der Waals surface area contributed by atoms with E-state index in [4.69, 9.17) is 0 Å². The first-order chi connectivity index (χ1) is 8.03. The molecule has 0 unspecified atom stereocenters. The number of carboxylic acid groups (broad SMARTS) is 1. The van der Waals surface area contributed by atoms with E-state index in [1.807, 2.05) is 30.3 Å². The van der Waals surface area contributed by atoms with Crippen LogP contribution in [-0.2, 0) is 10.3 Å². The van der Waals surface area contributed by atoms with Crippen LogP contribution < -0.4 is 0 Å². The zero-order chi connectivity index (χ0) is 12.5. The molecular weight excluding hydrogens is 218 g/mol. The number of rotatable bonds is 3. The maximum atomic E-state index is 11.2. The van der Waals surface area contributed by atoms with Crippen LogP contribution in [-0.4, -0.2) is 26.1 Å². The summed E-state index contributed by atoms with van der Waals surface area (Å²) in [5.41, 5.74) is 0.464. The lowest BCUT2D eigenvalue weighted by Crippen LogP contribution is -2.37. The van der Waals surface area contributed by atoms with Gasteiger partial charge in [0.2, 0.25) is 0 Å². The lowest BCUT2D eigenvalue weighted by Gasteiger charge is -2.21. The number of hydrogen-bond acceptors (Lipinski definition) is 3. The Morgan fingerprint density at radius 1 is 1.29 bits per heavy atom. The van der Waals surface area contributed by atoms with Crippen molar-refractivity contribution in [2.45, 2.75) is 19.4 Å². The molecule has 0 aliphatic rings. The highest BCUT2D eigenvalue weighted by molar-refractivity contribution is 5.76. The molecule has 5 heteroatoms. The lowest BCUT2D eigenvalue weighted by molar-refractivity contribution is -0.146. The first kappa shape index (κ1) is 11.3. The predicted molar refractivity (Wildman–Crippen MR) is 62.4 cm³/mol. The number of aromatic nitrogens is 3. The highest BCUT2D eigenvalue weighted by Crippen LogP contribution is 2.24. The summed E-state index contributed by atoms with van der Waals surface area (Å²) in [5, 5.41) is 16.9. The van der Waals surface area contributed by atoms with Gasteiger partial charge < -0.3 is 5.11 Å². The number of nitrogens with zero attached hydrogens (tertiary/aromatic N) is 3. The molecule has 2 aromatic rings. The van der Waals surface area contributed by atoms with Gasteiger partial charge in [0.25, 0.3) is 0 Å². The molecule has 0 fully saturated rings. The van der Waals surface area contributed by atoms with Crippen molar-refractivity contribution in [3.05, 3.63) is 36.5 Å². The second-order valence-corrected chi connectivity index (χ2v) is 4.26. The summed E-state index contributed by atoms with van der Waals surface area (Å²) in [4.78, 5) is 11.2. The minimum atomic E-state index is -1.12. The Morgan fingerprint density at radius 3 is 2.53 bits per heavy atom. The summed E-state index contributed by atoms with van der Waals surface area (Å²) in [6.45, 7) is 3.19. The molecule has 0 bridgehead atoms. The molecule has 0 saturated carbocycles.